The van der Waals surface area contributed by atoms with Gasteiger partial charge in [-0.3, -0.25) is 4.79 Å². The van der Waals surface area contributed by atoms with Gasteiger partial charge in [0.1, 0.15) is 16.6 Å². The lowest BCUT2D eigenvalue weighted by atomic mass is 10.2. The maximum atomic E-state index is 10.7. The molecule has 0 spiro atoms. The number of nitrogens with one attached hydrogen (secondary N) is 1. The van der Waals surface area contributed by atoms with Crippen LogP contribution in [0.15, 0.2) is 42.7 Å². The Bertz CT molecular complexity index is 912. The fourth-order valence-corrected chi connectivity index (χ4v) is 3.28. The number of aryl methyl sites for hydroxylation is 1. The predicted molar refractivity (Wildman–Crippen MR) is 101 cm³/mol. The molecule has 134 valence electrons. The molecule has 1 unspecified atom stereocenters. The van der Waals surface area contributed by atoms with E-state index in [9.17, 15) is 4.79 Å². The zero-order chi connectivity index (χ0) is 18.5. The van der Waals surface area contributed by atoms with Crippen LogP contribution < -0.4 is 11.1 Å². The summed E-state index contributed by atoms with van der Waals surface area (Å²) in [5.41, 5.74) is 7.91. The smallest absolute Gasteiger partial charge is 0.303 e. The topological polar surface area (TPSA) is 114 Å². The van der Waals surface area contributed by atoms with E-state index in [0.717, 1.165) is 22.0 Å². The van der Waals surface area contributed by atoms with E-state index in [0.29, 0.717) is 17.2 Å². The van der Waals surface area contributed by atoms with Gasteiger partial charge in [0.05, 0.1) is 16.6 Å². The highest BCUT2D eigenvalue weighted by Gasteiger charge is 2.14. The normalized spacial score (nSPS) is 11.9. The molecule has 3 rings (SSSR count). The number of aromatic nitrogens is 3. The lowest BCUT2D eigenvalue weighted by Crippen LogP contribution is -2.11. The summed E-state index contributed by atoms with van der Waals surface area (Å²) in [6, 6.07) is 9.16. The average molecular weight is 369 g/mol. The van der Waals surface area contributed by atoms with Crippen LogP contribution in [0.4, 0.5) is 11.6 Å². The molecule has 0 aliphatic rings. The van der Waals surface area contributed by atoms with Gasteiger partial charge in [0, 0.05) is 18.8 Å². The van der Waals surface area contributed by atoms with Gasteiger partial charge >= 0.3 is 5.97 Å². The standard InChI is InChI=1S/C18H19N5O2S/c1-11-7-8-20-16(9-11)23-15-4-2-3-13(22-15)14-10-21-18(26-14)12(19)5-6-17(24)25/h2-4,7-10,12H,5-6,19H2,1H3,(H,24,25)(H,20,22,23). The number of hydrogen-bond acceptors (Lipinski definition) is 7. The number of thiazole rings is 1. The lowest BCUT2D eigenvalue weighted by Gasteiger charge is -2.07. The summed E-state index contributed by atoms with van der Waals surface area (Å²) in [7, 11) is 0. The first-order valence-corrected chi connectivity index (χ1v) is 8.93. The van der Waals surface area contributed by atoms with E-state index >= 15 is 0 Å². The third-order valence-electron chi connectivity index (χ3n) is 3.68. The number of carbonyl (C=O) groups is 1. The SMILES string of the molecule is Cc1ccnc(Nc2cccc(-c3cnc(C(N)CCC(=O)O)s3)n2)c1. The van der Waals surface area contributed by atoms with Crippen molar-refractivity contribution in [2.24, 2.45) is 5.73 Å². The van der Waals surface area contributed by atoms with Crippen LogP contribution in [0.5, 0.6) is 0 Å². The predicted octanol–water partition coefficient (Wildman–Crippen LogP) is 3.52. The van der Waals surface area contributed by atoms with Crippen molar-refractivity contribution < 1.29 is 9.90 Å². The summed E-state index contributed by atoms with van der Waals surface area (Å²) in [5.74, 6) is 0.559. The average Bonchev–Trinajstić information content (AvgIpc) is 3.10. The zero-order valence-corrected chi connectivity index (χ0v) is 15.0. The minimum absolute atomic E-state index is 0.0250. The summed E-state index contributed by atoms with van der Waals surface area (Å²) >= 11 is 1.43. The Labute approximate surface area is 155 Å². The third-order valence-corrected chi connectivity index (χ3v) is 4.83. The van der Waals surface area contributed by atoms with Crippen molar-refractivity contribution in [2.45, 2.75) is 25.8 Å². The molecule has 3 aromatic heterocycles. The van der Waals surface area contributed by atoms with E-state index in [1.165, 1.54) is 11.3 Å². The van der Waals surface area contributed by atoms with E-state index in [-0.39, 0.29) is 12.5 Å². The molecule has 3 aromatic rings. The van der Waals surface area contributed by atoms with Crippen molar-refractivity contribution in [1.29, 1.82) is 0 Å². The number of carboxylic acid groups (broad SMARTS) is 1. The summed E-state index contributed by atoms with van der Waals surface area (Å²) in [5, 5.41) is 12.7. The largest absolute Gasteiger partial charge is 0.481 e. The Kier molecular flexibility index (Phi) is 5.55. The number of nitrogens with zero attached hydrogens (tertiary/aromatic N) is 3. The fraction of sp³-hybridized carbons (Fsp3) is 0.222. The van der Waals surface area contributed by atoms with E-state index in [4.69, 9.17) is 10.8 Å². The van der Waals surface area contributed by atoms with Crippen molar-refractivity contribution in [1.82, 2.24) is 15.0 Å². The van der Waals surface area contributed by atoms with Crippen molar-refractivity contribution in [3.05, 3.63) is 53.3 Å². The third kappa shape index (κ3) is 4.62. The number of pyridine rings is 2. The number of hydrogen-bond donors (Lipinski definition) is 3. The monoisotopic (exact) mass is 369 g/mol. The van der Waals surface area contributed by atoms with Gasteiger partial charge in [-0.05, 0) is 43.2 Å². The molecule has 8 heteroatoms. The second-order valence-corrected chi connectivity index (χ2v) is 6.92. The zero-order valence-electron chi connectivity index (χ0n) is 14.2. The Balaban J connectivity index is 1.75. The van der Waals surface area contributed by atoms with Gasteiger partial charge in [0.2, 0.25) is 0 Å². The number of aliphatic carboxylic acids is 1. The first-order chi connectivity index (χ1) is 12.5. The highest BCUT2D eigenvalue weighted by Crippen LogP contribution is 2.29. The molecule has 0 aliphatic heterocycles. The van der Waals surface area contributed by atoms with E-state index in [1.807, 2.05) is 37.3 Å². The molecule has 4 N–H and O–H groups in total. The molecule has 26 heavy (non-hydrogen) atoms. The molecule has 0 aliphatic carbocycles. The van der Waals surface area contributed by atoms with Crippen LogP contribution in [0.25, 0.3) is 10.6 Å². The van der Waals surface area contributed by atoms with Crippen LogP contribution in [0.1, 0.15) is 29.5 Å². The summed E-state index contributed by atoms with van der Waals surface area (Å²) in [4.78, 5) is 24.8. The minimum atomic E-state index is -0.859. The molecule has 0 aromatic carbocycles. The maximum Gasteiger partial charge on any atom is 0.303 e. The Morgan fingerprint density at radius 1 is 1.31 bits per heavy atom. The molecule has 3 heterocycles. The Morgan fingerprint density at radius 2 is 2.15 bits per heavy atom. The fourth-order valence-electron chi connectivity index (χ4n) is 2.36. The van der Waals surface area contributed by atoms with Gasteiger partial charge in [-0.25, -0.2) is 15.0 Å². The van der Waals surface area contributed by atoms with Gasteiger partial charge < -0.3 is 16.2 Å². The molecule has 0 amide bonds. The van der Waals surface area contributed by atoms with Gasteiger partial charge in [-0.1, -0.05) is 6.07 Å². The number of anilines is 2. The second kappa shape index (κ2) is 8.03. The van der Waals surface area contributed by atoms with E-state index < -0.39 is 5.97 Å². The number of rotatable bonds is 7. The second-order valence-electron chi connectivity index (χ2n) is 5.85. The molecular weight excluding hydrogens is 350 g/mol. The molecular formula is C18H19N5O2S. The van der Waals surface area contributed by atoms with Gasteiger partial charge in [0.15, 0.2) is 0 Å². The number of nitrogens with two attached hydrogens (primary N) is 1. The Hall–Kier alpha value is -2.84. The highest BCUT2D eigenvalue weighted by molar-refractivity contribution is 7.15. The van der Waals surface area contributed by atoms with Gasteiger partial charge in [-0.15, -0.1) is 11.3 Å². The first-order valence-electron chi connectivity index (χ1n) is 8.11. The van der Waals surface area contributed by atoms with E-state index in [1.54, 1.807) is 12.4 Å². The highest BCUT2D eigenvalue weighted by atomic mass is 32.1. The van der Waals surface area contributed by atoms with Crippen molar-refractivity contribution in [2.75, 3.05) is 5.32 Å². The summed E-state index contributed by atoms with van der Waals surface area (Å²) in [6.45, 7) is 2.00. The van der Waals surface area contributed by atoms with Crippen LogP contribution >= 0.6 is 11.3 Å². The van der Waals surface area contributed by atoms with Crippen LogP contribution in [0, 0.1) is 6.92 Å². The van der Waals surface area contributed by atoms with Crippen LogP contribution in [0.3, 0.4) is 0 Å². The first kappa shape index (κ1) is 18.0. The summed E-state index contributed by atoms with van der Waals surface area (Å²) in [6.07, 6.45) is 3.85. The summed E-state index contributed by atoms with van der Waals surface area (Å²) < 4.78 is 0. The van der Waals surface area contributed by atoms with Gasteiger partial charge in [-0.2, -0.15) is 0 Å². The quantitative estimate of drug-likeness (QED) is 0.584. The van der Waals surface area contributed by atoms with Crippen molar-refractivity contribution in [3.63, 3.8) is 0 Å². The molecule has 0 fully saturated rings. The molecule has 0 bridgehead atoms. The molecule has 0 saturated heterocycles. The lowest BCUT2D eigenvalue weighted by molar-refractivity contribution is -0.137. The maximum absolute atomic E-state index is 10.7. The molecule has 0 saturated carbocycles. The van der Waals surface area contributed by atoms with E-state index in [2.05, 4.69) is 20.3 Å². The van der Waals surface area contributed by atoms with Crippen LogP contribution in [-0.4, -0.2) is 26.0 Å². The number of carboxylic acids is 1. The molecule has 0 radical (unpaired) electrons. The van der Waals surface area contributed by atoms with Crippen molar-refractivity contribution in [3.8, 4) is 10.6 Å². The van der Waals surface area contributed by atoms with Crippen molar-refractivity contribution >= 4 is 28.9 Å². The van der Waals surface area contributed by atoms with Crippen LogP contribution in [0.2, 0.25) is 0 Å². The molecule has 1 atom stereocenters. The minimum Gasteiger partial charge on any atom is -0.481 e. The molecule has 7 nitrogen and oxygen atoms in total. The Morgan fingerprint density at radius 3 is 2.92 bits per heavy atom. The van der Waals surface area contributed by atoms with Gasteiger partial charge in [0.25, 0.3) is 0 Å². The van der Waals surface area contributed by atoms with Crippen LogP contribution in [-0.2, 0) is 4.79 Å².